The number of sulfonamides is 1. The molecule has 0 bridgehead atoms. The van der Waals surface area contributed by atoms with Crippen LogP contribution in [-0.4, -0.2) is 75.5 Å². The zero-order chi connectivity index (χ0) is 18.7. The number of likely N-dealkylation sites (tertiary alicyclic amines) is 1. The van der Waals surface area contributed by atoms with E-state index in [1.165, 1.54) is 12.1 Å². The molecule has 0 radical (unpaired) electrons. The number of piperazine rings is 1. The molecule has 1 unspecified atom stereocenters. The summed E-state index contributed by atoms with van der Waals surface area (Å²) in [6.45, 7) is 9.12. The molecule has 2 N–H and O–H groups in total. The number of carbonyl (C=O) groups is 1. The molecule has 0 saturated carbocycles. The largest absolute Gasteiger partial charge is 0.337 e. The number of rotatable bonds is 5. The van der Waals surface area contributed by atoms with E-state index in [0.29, 0.717) is 11.6 Å². The van der Waals surface area contributed by atoms with Crippen LogP contribution >= 0.6 is 0 Å². The molecule has 2 saturated heterocycles. The summed E-state index contributed by atoms with van der Waals surface area (Å²) in [5.74, 6) is -0.0246. The van der Waals surface area contributed by atoms with E-state index in [-0.39, 0.29) is 16.8 Å². The van der Waals surface area contributed by atoms with Crippen molar-refractivity contribution in [2.24, 2.45) is 0 Å². The van der Waals surface area contributed by atoms with E-state index in [4.69, 9.17) is 0 Å². The molecule has 2 aliphatic heterocycles. The van der Waals surface area contributed by atoms with Crippen LogP contribution in [0, 0.1) is 0 Å². The zero-order valence-electron chi connectivity index (χ0n) is 15.4. The molecule has 144 valence electrons. The predicted molar refractivity (Wildman–Crippen MR) is 101 cm³/mol. The van der Waals surface area contributed by atoms with Crippen LogP contribution in [0.3, 0.4) is 0 Å². The van der Waals surface area contributed by atoms with Crippen LogP contribution in [0.15, 0.2) is 29.2 Å². The van der Waals surface area contributed by atoms with Gasteiger partial charge in [-0.25, -0.2) is 13.1 Å². The van der Waals surface area contributed by atoms with Gasteiger partial charge in [0.05, 0.1) is 4.90 Å². The van der Waals surface area contributed by atoms with E-state index in [9.17, 15) is 13.2 Å². The van der Waals surface area contributed by atoms with Gasteiger partial charge in [0.1, 0.15) is 0 Å². The van der Waals surface area contributed by atoms with Crippen molar-refractivity contribution < 1.29 is 13.2 Å². The summed E-state index contributed by atoms with van der Waals surface area (Å²) in [6, 6.07) is 6.47. The molecule has 26 heavy (non-hydrogen) atoms. The van der Waals surface area contributed by atoms with Crippen molar-refractivity contribution in [1.82, 2.24) is 19.8 Å². The Morgan fingerprint density at radius 3 is 2.42 bits per heavy atom. The molecular weight excluding hydrogens is 352 g/mol. The highest BCUT2D eigenvalue weighted by Crippen LogP contribution is 2.19. The van der Waals surface area contributed by atoms with E-state index < -0.39 is 10.0 Å². The Kier molecular flexibility index (Phi) is 5.96. The Morgan fingerprint density at radius 2 is 1.81 bits per heavy atom. The predicted octanol–water partition coefficient (Wildman–Crippen LogP) is 0.493. The fourth-order valence-corrected chi connectivity index (χ4v) is 4.86. The van der Waals surface area contributed by atoms with Crippen molar-refractivity contribution in [2.75, 3.05) is 39.3 Å². The fourth-order valence-electron chi connectivity index (χ4n) is 3.61. The Labute approximate surface area is 155 Å². The maximum Gasteiger partial charge on any atom is 0.253 e. The molecule has 1 aromatic carbocycles. The van der Waals surface area contributed by atoms with Crippen LogP contribution < -0.4 is 10.0 Å². The molecule has 2 fully saturated rings. The summed E-state index contributed by atoms with van der Waals surface area (Å²) in [5.41, 5.74) is 0.537. The second-order valence-electron chi connectivity index (χ2n) is 7.28. The summed E-state index contributed by atoms with van der Waals surface area (Å²) in [7, 11) is -3.53. The van der Waals surface area contributed by atoms with E-state index >= 15 is 0 Å². The lowest BCUT2D eigenvalue weighted by Crippen LogP contribution is -2.49. The molecule has 2 heterocycles. The highest BCUT2D eigenvalue weighted by atomic mass is 32.2. The summed E-state index contributed by atoms with van der Waals surface area (Å²) in [6.07, 6.45) is 0.997. The van der Waals surface area contributed by atoms with Crippen LogP contribution in [0.5, 0.6) is 0 Å². The lowest BCUT2D eigenvalue weighted by atomic mass is 10.2. The quantitative estimate of drug-likeness (QED) is 0.777. The Bertz CT molecular complexity index is 727. The second-order valence-corrected chi connectivity index (χ2v) is 8.99. The fraction of sp³-hybridized carbons (Fsp3) is 0.611. The monoisotopic (exact) mass is 380 g/mol. The van der Waals surface area contributed by atoms with Crippen molar-refractivity contribution in [3.63, 3.8) is 0 Å². The molecule has 0 aromatic heterocycles. The average Bonchev–Trinajstić information content (AvgIpc) is 3.11. The van der Waals surface area contributed by atoms with E-state index in [1.54, 1.807) is 26.0 Å². The number of hydrogen-bond acceptors (Lipinski definition) is 5. The number of benzene rings is 1. The number of carbonyl (C=O) groups excluding carboxylic acids is 1. The molecule has 8 heteroatoms. The minimum atomic E-state index is -3.53. The summed E-state index contributed by atoms with van der Waals surface area (Å²) in [5, 5.41) is 3.35. The number of hydrogen-bond donors (Lipinski definition) is 2. The summed E-state index contributed by atoms with van der Waals surface area (Å²) < 4.78 is 26.9. The van der Waals surface area contributed by atoms with Crippen LogP contribution in [0.1, 0.15) is 30.6 Å². The van der Waals surface area contributed by atoms with Crippen LogP contribution in [0.4, 0.5) is 0 Å². The van der Waals surface area contributed by atoms with Gasteiger partial charge in [-0.3, -0.25) is 9.69 Å². The first-order chi connectivity index (χ1) is 12.4. The van der Waals surface area contributed by atoms with Gasteiger partial charge < -0.3 is 10.2 Å². The summed E-state index contributed by atoms with van der Waals surface area (Å²) >= 11 is 0. The maximum atomic E-state index is 12.7. The van der Waals surface area contributed by atoms with Crippen molar-refractivity contribution in [2.45, 2.75) is 37.2 Å². The SMILES string of the molecule is CC(C)NS(=O)(=O)c1ccc(C(=O)N2CCC(N3CCNCC3)C2)cc1. The minimum absolute atomic E-state index is 0.0246. The normalized spacial score (nSPS) is 22.1. The third kappa shape index (κ3) is 4.43. The lowest BCUT2D eigenvalue weighted by Gasteiger charge is -2.32. The standard InChI is InChI=1S/C18H28N4O3S/c1-14(2)20-26(24,25)17-5-3-15(4-6-17)18(23)22-10-7-16(13-22)21-11-8-19-9-12-21/h3-6,14,16,19-20H,7-13H2,1-2H3. The van der Waals surface area contributed by atoms with E-state index in [0.717, 1.165) is 45.7 Å². The summed E-state index contributed by atoms with van der Waals surface area (Å²) in [4.78, 5) is 17.3. The van der Waals surface area contributed by atoms with Crippen molar-refractivity contribution in [1.29, 1.82) is 0 Å². The molecule has 3 rings (SSSR count). The first-order valence-corrected chi connectivity index (χ1v) is 10.7. The topological polar surface area (TPSA) is 81.8 Å². The molecule has 1 atom stereocenters. The van der Waals surface area contributed by atoms with Gasteiger partial charge in [0.15, 0.2) is 0 Å². The zero-order valence-corrected chi connectivity index (χ0v) is 16.3. The van der Waals surface area contributed by atoms with Gasteiger partial charge in [-0.2, -0.15) is 0 Å². The van der Waals surface area contributed by atoms with Gasteiger partial charge in [0, 0.05) is 56.9 Å². The number of nitrogens with one attached hydrogen (secondary N) is 2. The van der Waals surface area contributed by atoms with Gasteiger partial charge in [0.2, 0.25) is 10.0 Å². The molecule has 1 aromatic rings. The third-order valence-electron chi connectivity index (χ3n) is 4.92. The van der Waals surface area contributed by atoms with Gasteiger partial charge in [-0.1, -0.05) is 0 Å². The van der Waals surface area contributed by atoms with Crippen LogP contribution in [0.25, 0.3) is 0 Å². The Morgan fingerprint density at radius 1 is 1.15 bits per heavy atom. The van der Waals surface area contributed by atoms with Gasteiger partial charge in [-0.05, 0) is 44.5 Å². The number of nitrogens with zero attached hydrogens (tertiary/aromatic N) is 2. The minimum Gasteiger partial charge on any atom is -0.337 e. The number of amides is 1. The first-order valence-electron chi connectivity index (χ1n) is 9.23. The first kappa shape index (κ1) is 19.3. The van der Waals surface area contributed by atoms with Gasteiger partial charge in [0.25, 0.3) is 5.91 Å². The molecule has 7 nitrogen and oxygen atoms in total. The smallest absolute Gasteiger partial charge is 0.253 e. The molecule has 2 aliphatic rings. The highest BCUT2D eigenvalue weighted by molar-refractivity contribution is 7.89. The highest BCUT2D eigenvalue weighted by Gasteiger charge is 2.31. The van der Waals surface area contributed by atoms with E-state index in [2.05, 4.69) is 14.9 Å². The van der Waals surface area contributed by atoms with Crippen molar-refractivity contribution >= 4 is 15.9 Å². The third-order valence-corrected chi connectivity index (χ3v) is 6.60. The van der Waals surface area contributed by atoms with Crippen LogP contribution in [0.2, 0.25) is 0 Å². The average molecular weight is 381 g/mol. The van der Waals surface area contributed by atoms with Crippen molar-refractivity contribution in [3.8, 4) is 0 Å². The molecular formula is C18H28N4O3S. The molecule has 0 aliphatic carbocycles. The second kappa shape index (κ2) is 8.04. The maximum absolute atomic E-state index is 12.7. The lowest BCUT2D eigenvalue weighted by molar-refractivity contribution is 0.0773. The Hall–Kier alpha value is -1.48. The van der Waals surface area contributed by atoms with E-state index in [1.807, 2.05) is 4.90 Å². The Balaban J connectivity index is 1.63. The van der Waals surface area contributed by atoms with Gasteiger partial charge in [-0.15, -0.1) is 0 Å². The van der Waals surface area contributed by atoms with Crippen molar-refractivity contribution in [3.05, 3.63) is 29.8 Å². The van der Waals surface area contributed by atoms with Gasteiger partial charge >= 0.3 is 0 Å². The molecule has 0 spiro atoms. The molecule has 1 amide bonds. The van der Waals surface area contributed by atoms with Crippen LogP contribution in [-0.2, 0) is 10.0 Å².